The third-order valence-corrected chi connectivity index (χ3v) is 5.97. The Morgan fingerprint density at radius 1 is 1.00 bits per heavy atom. The van der Waals surface area contributed by atoms with Gasteiger partial charge in [-0.25, -0.2) is 0 Å². The van der Waals surface area contributed by atoms with Gasteiger partial charge in [-0.05, 0) is 63.8 Å². The van der Waals surface area contributed by atoms with Crippen LogP contribution in [0.3, 0.4) is 0 Å². The Bertz CT molecular complexity index is 643. The molecular weight excluding hydrogens is 340 g/mol. The minimum absolute atomic E-state index is 0.172. The number of amides is 2. The van der Waals surface area contributed by atoms with E-state index in [9.17, 15) is 9.59 Å². The molecule has 1 saturated carbocycles. The standard InChI is InChI=1S/C21H32N4O2/c1-15(2)24-11-13-25(14-12-24)21(27)17-5-9-19(10-6-17)23-18-7-3-16(4-8-18)20(22)26/h3-4,7-8,15,17,19,23H,5-6,9-14H2,1-2H3,(H2,22,26)/t17-,19+. The molecule has 1 aromatic carbocycles. The first-order valence-corrected chi connectivity index (χ1v) is 10.1. The van der Waals surface area contributed by atoms with E-state index in [1.165, 1.54) is 0 Å². The normalized spacial score (nSPS) is 24.0. The predicted molar refractivity (Wildman–Crippen MR) is 108 cm³/mol. The van der Waals surface area contributed by atoms with Crippen molar-refractivity contribution in [1.29, 1.82) is 0 Å². The molecule has 1 saturated heterocycles. The highest BCUT2D eigenvalue weighted by Crippen LogP contribution is 2.28. The van der Waals surface area contributed by atoms with Gasteiger partial charge >= 0.3 is 0 Å². The second-order valence-corrected chi connectivity index (χ2v) is 8.09. The number of rotatable bonds is 5. The fourth-order valence-electron chi connectivity index (χ4n) is 4.17. The summed E-state index contributed by atoms with van der Waals surface area (Å²) in [5.74, 6) is 0.114. The zero-order valence-corrected chi connectivity index (χ0v) is 16.5. The number of hydrogen-bond donors (Lipinski definition) is 2. The van der Waals surface area contributed by atoms with Crippen LogP contribution < -0.4 is 11.1 Å². The topological polar surface area (TPSA) is 78.7 Å². The lowest BCUT2D eigenvalue weighted by atomic mass is 9.85. The number of nitrogens with two attached hydrogens (primary N) is 1. The summed E-state index contributed by atoms with van der Waals surface area (Å²) in [4.78, 5) is 28.5. The molecule has 0 aromatic heterocycles. The largest absolute Gasteiger partial charge is 0.382 e. The molecule has 1 aliphatic carbocycles. The van der Waals surface area contributed by atoms with Gasteiger partial charge in [0.2, 0.25) is 11.8 Å². The van der Waals surface area contributed by atoms with Gasteiger partial charge in [0.05, 0.1) is 0 Å². The summed E-state index contributed by atoms with van der Waals surface area (Å²) in [6, 6.07) is 8.22. The quantitative estimate of drug-likeness (QED) is 0.831. The minimum Gasteiger partial charge on any atom is -0.382 e. The van der Waals surface area contributed by atoms with Crippen molar-refractivity contribution < 1.29 is 9.59 Å². The van der Waals surface area contributed by atoms with E-state index in [0.29, 0.717) is 23.6 Å². The molecule has 148 valence electrons. The molecular formula is C21H32N4O2. The highest BCUT2D eigenvalue weighted by molar-refractivity contribution is 5.93. The van der Waals surface area contributed by atoms with E-state index in [-0.39, 0.29) is 5.92 Å². The van der Waals surface area contributed by atoms with Gasteiger partial charge in [-0.15, -0.1) is 0 Å². The lowest BCUT2D eigenvalue weighted by Crippen LogP contribution is -2.52. The molecule has 27 heavy (non-hydrogen) atoms. The molecule has 1 aromatic rings. The molecule has 6 nitrogen and oxygen atoms in total. The van der Waals surface area contributed by atoms with E-state index in [1.54, 1.807) is 12.1 Å². The molecule has 0 atom stereocenters. The van der Waals surface area contributed by atoms with Gasteiger partial charge < -0.3 is 16.0 Å². The van der Waals surface area contributed by atoms with Crippen molar-refractivity contribution >= 4 is 17.5 Å². The molecule has 0 unspecified atom stereocenters. The molecule has 0 bridgehead atoms. The minimum atomic E-state index is -0.408. The Hall–Kier alpha value is -2.08. The Balaban J connectivity index is 1.44. The summed E-state index contributed by atoms with van der Waals surface area (Å²) in [7, 11) is 0. The summed E-state index contributed by atoms with van der Waals surface area (Å²) in [6.07, 6.45) is 3.89. The maximum absolute atomic E-state index is 12.8. The maximum atomic E-state index is 12.8. The van der Waals surface area contributed by atoms with Crippen molar-refractivity contribution in [2.75, 3.05) is 31.5 Å². The van der Waals surface area contributed by atoms with E-state index in [4.69, 9.17) is 5.73 Å². The van der Waals surface area contributed by atoms with E-state index >= 15 is 0 Å². The van der Waals surface area contributed by atoms with Gasteiger partial charge in [-0.1, -0.05) is 0 Å². The van der Waals surface area contributed by atoms with Crippen LogP contribution in [-0.4, -0.2) is 59.9 Å². The van der Waals surface area contributed by atoms with Crippen LogP contribution in [0.15, 0.2) is 24.3 Å². The first kappa shape index (κ1) is 19.7. The van der Waals surface area contributed by atoms with Crippen LogP contribution >= 0.6 is 0 Å². The van der Waals surface area contributed by atoms with Gasteiger partial charge in [0.1, 0.15) is 0 Å². The van der Waals surface area contributed by atoms with Crippen molar-refractivity contribution in [3.05, 3.63) is 29.8 Å². The van der Waals surface area contributed by atoms with E-state index < -0.39 is 5.91 Å². The summed E-state index contributed by atoms with van der Waals surface area (Å²) in [6.45, 7) is 8.13. The Morgan fingerprint density at radius 3 is 2.11 bits per heavy atom. The number of nitrogens with one attached hydrogen (secondary N) is 1. The highest BCUT2D eigenvalue weighted by Gasteiger charge is 2.31. The van der Waals surface area contributed by atoms with E-state index in [1.807, 2.05) is 12.1 Å². The van der Waals surface area contributed by atoms with Gasteiger partial charge in [-0.3, -0.25) is 14.5 Å². The predicted octanol–water partition coefficient (Wildman–Crippen LogP) is 2.31. The zero-order valence-electron chi connectivity index (χ0n) is 16.5. The number of anilines is 1. The lowest BCUT2D eigenvalue weighted by Gasteiger charge is -2.39. The van der Waals surface area contributed by atoms with Crippen molar-refractivity contribution in [3.8, 4) is 0 Å². The molecule has 1 aliphatic heterocycles. The fraction of sp³-hybridized carbons (Fsp3) is 0.619. The van der Waals surface area contributed by atoms with Crippen LogP contribution in [-0.2, 0) is 4.79 Å². The summed E-state index contributed by atoms with van der Waals surface area (Å²) in [5.41, 5.74) is 6.80. The average molecular weight is 373 g/mol. The number of primary amides is 1. The van der Waals surface area contributed by atoms with Gasteiger partial charge in [0.25, 0.3) is 0 Å². The van der Waals surface area contributed by atoms with Crippen LogP contribution in [0.4, 0.5) is 5.69 Å². The molecule has 2 fully saturated rings. The molecule has 1 heterocycles. The van der Waals surface area contributed by atoms with Crippen LogP contribution in [0.25, 0.3) is 0 Å². The van der Waals surface area contributed by atoms with Crippen molar-refractivity contribution in [3.63, 3.8) is 0 Å². The van der Waals surface area contributed by atoms with Crippen LogP contribution in [0.5, 0.6) is 0 Å². The first-order chi connectivity index (χ1) is 12.9. The van der Waals surface area contributed by atoms with Crippen molar-refractivity contribution in [2.24, 2.45) is 11.7 Å². The summed E-state index contributed by atoms with van der Waals surface area (Å²) >= 11 is 0. The SMILES string of the molecule is CC(C)N1CCN(C(=O)[C@H]2CC[C@@H](Nc3ccc(C(N)=O)cc3)CC2)CC1. The van der Waals surface area contributed by atoms with E-state index in [0.717, 1.165) is 57.5 Å². The smallest absolute Gasteiger partial charge is 0.248 e. The molecule has 2 amide bonds. The van der Waals surface area contributed by atoms with Crippen LogP contribution in [0.1, 0.15) is 49.9 Å². The lowest BCUT2D eigenvalue weighted by molar-refractivity contribution is -0.138. The maximum Gasteiger partial charge on any atom is 0.248 e. The highest BCUT2D eigenvalue weighted by atomic mass is 16.2. The Morgan fingerprint density at radius 2 is 1.59 bits per heavy atom. The number of hydrogen-bond acceptors (Lipinski definition) is 4. The first-order valence-electron chi connectivity index (χ1n) is 10.1. The second-order valence-electron chi connectivity index (χ2n) is 8.09. The van der Waals surface area contributed by atoms with Gasteiger partial charge in [0, 0.05) is 55.4 Å². The van der Waals surface area contributed by atoms with Crippen molar-refractivity contribution in [2.45, 2.75) is 51.6 Å². The van der Waals surface area contributed by atoms with Gasteiger partial charge in [0.15, 0.2) is 0 Å². The Labute approximate surface area is 162 Å². The van der Waals surface area contributed by atoms with Gasteiger partial charge in [-0.2, -0.15) is 0 Å². The number of nitrogens with zero attached hydrogens (tertiary/aromatic N) is 2. The third kappa shape index (κ3) is 5.01. The van der Waals surface area contributed by atoms with E-state index in [2.05, 4.69) is 29.0 Å². The molecule has 0 radical (unpaired) electrons. The molecule has 2 aliphatic rings. The van der Waals surface area contributed by atoms with Crippen LogP contribution in [0.2, 0.25) is 0 Å². The molecule has 6 heteroatoms. The van der Waals surface area contributed by atoms with Crippen LogP contribution in [0, 0.1) is 5.92 Å². The number of benzene rings is 1. The summed E-state index contributed by atoms with van der Waals surface area (Å²) < 4.78 is 0. The second kappa shape index (κ2) is 8.74. The number of piperazine rings is 1. The Kier molecular flexibility index (Phi) is 6.37. The van der Waals surface area contributed by atoms with Crippen molar-refractivity contribution in [1.82, 2.24) is 9.80 Å². The summed E-state index contributed by atoms with van der Waals surface area (Å²) in [5, 5.41) is 3.52. The average Bonchev–Trinajstić information content (AvgIpc) is 2.68. The third-order valence-electron chi connectivity index (χ3n) is 5.97. The monoisotopic (exact) mass is 372 g/mol. The number of carbonyl (C=O) groups is 2. The zero-order chi connectivity index (χ0) is 19.4. The fourth-order valence-corrected chi connectivity index (χ4v) is 4.17. The molecule has 3 rings (SSSR count). The number of carbonyl (C=O) groups excluding carboxylic acids is 2. The molecule has 3 N–H and O–H groups in total. The molecule has 0 spiro atoms.